The van der Waals surface area contributed by atoms with E-state index in [1.807, 2.05) is 4.90 Å². The van der Waals surface area contributed by atoms with Crippen LogP contribution in [0.15, 0.2) is 45.5 Å². The lowest BCUT2D eigenvalue weighted by molar-refractivity contribution is 0.0573. The van der Waals surface area contributed by atoms with E-state index < -0.39 is 0 Å². The van der Waals surface area contributed by atoms with Gasteiger partial charge in [-0.15, -0.1) is 0 Å². The molecule has 1 aliphatic carbocycles. The van der Waals surface area contributed by atoms with Gasteiger partial charge in [-0.2, -0.15) is 0 Å². The molecule has 1 aromatic heterocycles. The van der Waals surface area contributed by atoms with Crippen LogP contribution in [-0.2, 0) is 0 Å². The van der Waals surface area contributed by atoms with Crippen molar-refractivity contribution in [2.75, 3.05) is 31.5 Å². The van der Waals surface area contributed by atoms with Gasteiger partial charge in [-0.25, -0.2) is 0 Å². The minimum Gasteiger partial charge on any atom is -0.444 e. The van der Waals surface area contributed by atoms with Crippen molar-refractivity contribution in [2.24, 2.45) is 0 Å². The quantitative estimate of drug-likeness (QED) is 0.772. The molecular formula is C21H24BrN3O3. The molecule has 0 radical (unpaired) electrons. The van der Waals surface area contributed by atoms with E-state index in [1.54, 1.807) is 36.4 Å². The number of furan rings is 1. The summed E-state index contributed by atoms with van der Waals surface area (Å²) in [5.41, 5.74) is 1.17. The largest absolute Gasteiger partial charge is 0.444 e. The molecule has 2 aromatic rings. The summed E-state index contributed by atoms with van der Waals surface area (Å²) in [6, 6.07) is 11.0. The van der Waals surface area contributed by atoms with E-state index in [9.17, 15) is 9.59 Å². The van der Waals surface area contributed by atoms with E-state index in [1.165, 1.54) is 25.7 Å². The Labute approximate surface area is 173 Å². The fourth-order valence-corrected chi connectivity index (χ4v) is 4.41. The fraction of sp³-hybridized carbons (Fsp3) is 0.429. The fourth-order valence-electron chi connectivity index (χ4n) is 4.10. The van der Waals surface area contributed by atoms with Crippen molar-refractivity contribution in [2.45, 2.75) is 31.7 Å². The maximum atomic E-state index is 12.9. The molecule has 1 aliphatic heterocycles. The monoisotopic (exact) mass is 445 g/mol. The average Bonchev–Trinajstić information content (AvgIpc) is 3.40. The van der Waals surface area contributed by atoms with E-state index in [4.69, 9.17) is 4.42 Å². The number of amides is 2. The normalized spacial score (nSPS) is 18.4. The molecule has 0 atom stereocenters. The van der Waals surface area contributed by atoms with Crippen molar-refractivity contribution >= 4 is 33.4 Å². The Balaban J connectivity index is 1.37. The zero-order valence-corrected chi connectivity index (χ0v) is 17.3. The van der Waals surface area contributed by atoms with Crippen LogP contribution in [0.25, 0.3) is 0 Å². The van der Waals surface area contributed by atoms with Crippen LogP contribution >= 0.6 is 15.9 Å². The molecule has 4 rings (SSSR count). The summed E-state index contributed by atoms with van der Waals surface area (Å²) in [6.07, 6.45) is 5.25. The Morgan fingerprint density at radius 2 is 1.79 bits per heavy atom. The van der Waals surface area contributed by atoms with Crippen LogP contribution in [-0.4, -0.2) is 53.8 Å². The molecule has 2 amide bonds. The predicted octanol–water partition coefficient (Wildman–Crippen LogP) is 3.99. The summed E-state index contributed by atoms with van der Waals surface area (Å²) < 4.78 is 5.77. The van der Waals surface area contributed by atoms with E-state index in [0.29, 0.717) is 22.0 Å². The average molecular weight is 446 g/mol. The number of nitrogens with one attached hydrogen (secondary N) is 1. The lowest BCUT2D eigenvalue weighted by atomic mass is 10.1. The van der Waals surface area contributed by atoms with Crippen LogP contribution in [0.1, 0.15) is 46.6 Å². The van der Waals surface area contributed by atoms with Crippen molar-refractivity contribution in [3.05, 3.63) is 52.4 Å². The van der Waals surface area contributed by atoms with E-state index in [0.717, 1.165) is 26.2 Å². The highest BCUT2D eigenvalue weighted by Crippen LogP contribution is 2.25. The molecule has 1 saturated heterocycles. The van der Waals surface area contributed by atoms with Gasteiger partial charge in [-0.3, -0.25) is 14.5 Å². The van der Waals surface area contributed by atoms with Crippen LogP contribution in [0.3, 0.4) is 0 Å². The Kier molecular flexibility index (Phi) is 5.82. The van der Waals surface area contributed by atoms with Gasteiger partial charge in [0, 0.05) is 43.5 Å². The first-order valence-corrected chi connectivity index (χ1v) is 10.6. The first-order chi connectivity index (χ1) is 13.6. The Bertz CT molecular complexity index is 852. The molecule has 28 heavy (non-hydrogen) atoms. The van der Waals surface area contributed by atoms with Gasteiger partial charge < -0.3 is 14.6 Å². The molecular weight excluding hydrogens is 422 g/mol. The number of carbonyl (C=O) groups is 2. The summed E-state index contributed by atoms with van der Waals surface area (Å²) >= 11 is 3.19. The van der Waals surface area contributed by atoms with Crippen molar-refractivity contribution in [3.63, 3.8) is 0 Å². The summed E-state index contributed by atoms with van der Waals surface area (Å²) in [5, 5.41) is 2.78. The number of hydrogen-bond donors (Lipinski definition) is 1. The number of hydrogen-bond acceptors (Lipinski definition) is 4. The van der Waals surface area contributed by atoms with Crippen LogP contribution in [0.4, 0.5) is 5.69 Å². The number of halogens is 1. The minimum absolute atomic E-state index is 0.0166. The van der Waals surface area contributed by atoms with Gasteiger partial charge in [-0.1, -0.05) is 18.9 Å². The molecule has 0 unspecified atom stereocenters. The number of benzene rings is 1. The van der Waals surface area contributed by atoms with Gasteiger partial charge in [-0.05, 0) is 59.1 Å². The predicted molar refractivity (Wildman–Crippen MR) is 111 cm³/mol. The second-order valence-corrected chi connectivity index (χ2v) is 8.19. The van der Waals surface area contributed by atoms with Gasteiger partial charge in [0.05, 0.1) is 0 Å². The highest BCUT2D eigenvalue weighted by atomic mass is 79.9. The topological polar surface area (TPSA) is 65.8 Å². The third kappa shape index (κ3) is 4.31. The molecule has 0 bridgehead atoms. The maximum absolute atomic E-state index is 12.9. The summed E-state index contributed by atoms with van der Waals surface area (Å²) in [6.45, 7) is 3.40. The summed E-state index contributed by atoms with van der Waals surface area (Å²) in [4.78, 5) is 29.6. The third-order valence-corrected chi connectivity index (χ3v) is 6.03. The van der Waals surface area contributed by atoms with Crippen molar-refractivity contribution in [1.29, 1.82) is 0 Å². The van der Waals surface area contributed by atoms with Crippen LogP contribution in [0.2, 0.25) is 0 Å². The number of piperazine rings is 1. The molecule has 2 heterocycles. The Morgan fingerprint density at radius 3 is 2.46 bits per heavy atom. The number of rotatable bonds is 4. The lowest BCUT2D eigenvalue weighted by Crippen LogP contribution is -2.51. The zero-order valence-electron chi connectivity index (χ0n) is 15.7. The summed E-state index contributed by atoms with van der Waals surface area (Å²) in [7, 11) is 0. The smallest absolute Gasteiger partial charge is 0.291 e. The summed E-state index contributed by atoms with van der Waals surface area (Å²) in [5.74, 6) is -0.116. The van der Waals surface area contributed by atoms with E-state index in [-0.39, 0.29) is 17.6 Å². The first-order valence-electron chi connectivity index (χ1n) is 9.80. The SMILES string of the molecule is O=C(Nc1cccc(C(=O)N2CCN(C3CCCC3)CC2)c1)c1ccc(Br)o1. The molecule has 1 N–H and O–H groups in total. The number of carbonyl (C=O) groups excluding carboxylic acids is 2. The van der Waals surface area contributed by atoms with Crippen molar-refractivity contribution < 1.29 is 14.0 Å². The molecule has 6 nitrogen and oxygen atoms in total. The second kappa shape index (κ2) is 8.49. The molecule has 2 fully saturated rings. The van der Waals surface area contributed by atoms with Gasteiger partial charge in [0.1, 0.15) is 0 Å². The molecule has 7 heteroatoms. The molecule has 148 valence electrons. The first kappa shape index (κ1) is 19.2. The van der Waals surface area contributed by atoms with E-state index >= 15 is 0 Å². The lowest BCUT2D eigenvalue weighted by Gasteiger charge is -2.38. The van der Waals surface area contributed by atoms with Gasteiger partial charge >= 0.3 is 0 Å². The third-order valence-electron chi connectivity index (χ3n) is 5.61. The molecule has 1 aromatic carbocycles. The Hall–Kier alpha value is -2.12. The maximum Gasteiger partial charge on any atom is 0.291 e. The molecule has 0 spiro atoms. The highest BCUT2D eigenvalue weighted by molar-refractivity contribution is 9.10. The number of nitrogens with zero attached hydrogens (tertiary/aromatic N) is 2. The molecule has 2 aliphatic rings. The zero-order chi connectivity index (χ0) is 19.5. The number of anilines is 1. The molecule has 1 saturated carbocycles. The van der Waals surface area contributed by atoms with Gasteiger partial charge in [0.2, 0.25) is 0 Å². The van der Waals surface area contributed by atoms with E-state index in [2.05, 4.69) is 26.1 Å². The van der Waals surface area contributed by atoms with Crippen molar-refractivity contribution in [1.82, 2.24) is 9.80 Å². The van der Waals surface area contributed by atoms with Crippen LogP contribution < -0.4 is 5.32 Å². The highest BCUT2D eigenvalue weighted by Gasteiger charge is 2.28. The van der Waals surface area contributed by atoms with Crippen LogP contribution in [0.5, 0.6) is 0 Å². The Morgan fingerprint density at radius 1 is 1.04 bits per heavy atom. The standard InChI is InChI=1S/C21H24BrN3O3/c22-19-9-8-18(28-19)20(26)23-16-5-3-4-15(14-16)21(27)25-12-10-24(11-13-25)17-6-1-2-7-17/h3-5,8-9,14,17H,1-2,6-7,10-13H2,(H,23,26). The van der Waals surface area contributed by atoms with Gasteiger partial charge in [0.15, 0.2) is 10.4 Å². The second-order valence-electron chi connectivity index (χ2n) is 7.41. The van der Waals surface area contributed by atoms with Crippen molar-refractivity contribution in [3.8, 4) is 0 Å². The van der Waals surface area contributed by atoms with Gasteiger partial charge in [0.25, 0.3) is 11.8 Å². The van der Waals surface area contributed by atoms with Crippen LogP contribution in [0, 0.1) is 0 Å². The minimum atomic E-state index is -0.347.